The van der Waals surface area contributed by atoms with Gasteiger partial charge in [0.05, 0.1) is 0 Å². The number of amides is 1. The minimum Gasteiger partial charge on any atom is -0.356 e. The lowest BCUT2D eigenvalue weighted by atomic mass is 10.2. The average molecular weight is 141 g/mol. The number of rotatable bonds is 3. The van der Waals surface area contributed by atoms with Crippen molar-refractivity contribution in [3.05, 3.63) is 0 Å². The van der Waals surface area contributed by atoms with Gasteiger partial charge in [-0.15, -0.1) is 0 Å². The van der Waals surface area contributed by atoms with Gasteiger partial charge >= 0.3 is 0 Å². The third-order valence-electron chi connectivity index (χ3n) is 2.13. The average Bonchev–Trinajstić information content (AvgIpc) is 2.66. The van der Waals surface area contributed by atoms with Crippen LogP contribution in [-0.2, 0) is 4.79 Å². The van der Waals surface area contributed by atoms with Gasteiger partial charge in [-0.25, -0.2) is 0 Å². The summed E-state index contributed by atoms with van der Waals surface area (Å²) in [6.07, 6.45) is 2.27. The fourth-order valence-electron chi connectivity index (χ4n) is 1.33. The molecule has 0 aliphatic heterocycles. The van der Waals surface area contributed by atoms with Gasteiger partial charge in [-0.05, 0) is 19.3 Å². The molecule has 1 rings (SSSR count). The molecular weight excluding hydrogens is 126 g/mol. The number of carbonyl (C=O) groups excluding carboxylic acids is 1. The molecule has 2 nitrogen and oxygen atoms in total. The molecule has 0 saturated heterocycles. The molecule has 2 heteroatoms. The van der Waals surface area contributed by atoms with E-state index >= 15 is 0 Å². The summed E-state index contributed by atoms with van der Waals surface area (Å²) in [5.74, 6) is 1.30. The molecule has 1 amide bonds. The highest BCUT2D eigenvalue weighted by atomic mass is 16.2. The van der Waals surface area contributed by atoms with Crippen molar-refractivity contribution in [2.75, 3.05) is 6.54 Å². The zero-order chi connectivity index (χ0) is 7.56. The van der Waals surface area contributed by atoms with Crippen LogP contribution in [0.15, 0.2) is 0 Å². The zero-order valence-electron chi connectivity index (χ0n) is 6.68. The number of carbonyl (C=O) groups is 1. The molecule has 1 N–H and O–H groups in total. The number of nitrogens with one attached hydrogen (secondary N) is 1. The summed E-state index contributed by atoms with van der Waals surface area (Å²) in [7, 11) is 0. The van der Waals surface area contributed by atoms with Gasteiger partial charge in [0, 0.05) is 12.5 Å². The van der Waals surface area contributed by atoms with E-state index in [0.29, 0.717) is 11.8 Å². The summed E-state index contributed by atoms with van der Waals surface area (Å²) < 4.78 is 0. The standard InChI is InChI=1S/C8H15NO/c1-3-6-5-7(6)8(10)9-4-2/h6-7H,3-5H2,1-2H3,(H,9,10)/t6-,7-/m0/s1. The summed E-state index contributed by atoms with van der Waals surface area (Å²) >= 11 is 0. The highest BCUT2D eigenvalue weighted by molar-refractivity contribution is 5.81. The molecule has 0 radical (unpaired) electrons. The monoisotopic (exact) mass is 141 g/mol. The summed E-state index contributed by atoms with van der Waals surface area (Å²) in [5, 5.41) is 2.83. The lowest BCUT2D eigenvalue weighted by molar-refractivity contribution is -0.122. The van der Waals surface area contributed by atoms with Crippen LogP contribution in [0.25, 0.3) is 0 Å². The van der Waals surface area contributed by atoms with E-state index in [1.807, 2.05) is 6.92 Å². The van der Waals surface area contributed by atoms with Crippen molar-refractivity contribution in [3.63, 3.8) is 0 Å². The Balaban J connectivity index is 2.19. The van der Waals surface area contributed by atoms with E-state index in [9.17, 15) is 4.79 Å². The topological polar surface area (TPSA) is 29.1 Å². The minimum absolute atomic E-state index is 0.259. The molecule has 1 fully saturated rings. The molecule has 0 spiro atoms. The van der Waals surface area contributed by atoms with Crippen LogP contribution in [0.2, 0.25) is 0 Å². The Labute approximate surface area is 62.0 Å². The predicted molar refractivity (Wildman–Crippen MR) is 40.6 cm³/mol. The second-order valence-electron chi connectivity index (χ2n) is 2.91. The molecule has 1 saturated carbocycles. The molecule has 0 aromatic rings. The molecule has 58 valence electrons. The van der Waals surface area contributed by atoms with Crippen molar-refractivity contribution >= 4 is 5.91 Å². The Morgan fingerprint density at radius 3 is 2.70 bits per heavy atom. The van der Waals surface area contributed by atoms with Gasteiger partial charge < -0.3 is 5.32 Å². The molecule has 0 heterocycles. The Bertz CT molecular complexity index is 133. The van der Waals surface area contributed by atoms with E-state index in [4.69, 9.17) is 0 Å². The van der Waals surface area contributed by atoms with Gasteiger partial charge in [-0.1, -0.05) is 13.3 Å². The second kappa shape index (κ2) is 3.04. The lowest BCUT2D eigenvalue weighted by Crippen LogP contribution is -2.24. The molecule has 0 bridgehead atoms. The van der Waals surface area contributed by atoms with Gasteiger partial charge in [0.2, 0.25) is 5.91 Å². The fourth-order valence-corrected chi connectivity index (χ4v) is 1.33. The van der Waals surface area contributed by atoms with Crippen LogP contribution < -0.4 is 5.32 Å². The third kappa shape index (κ3) is 1.49. The summed E-state index contributed by atoms with van der Waals surface area (Å²) in [6, 6.07) is 0. The molecule has 2 atom stereocenters. The van der Waals surface area contributed by atoms with Crippen molar-refractivity contribution in [1.82, 2.24) is 5.32 Å². The summed E-state index contributed by atoms with van der Waals surface area (Å²) in [5.41, 5.74) is 0. The van der Waals surface area contributed by atoms with Crippen molar-refractivity contribution in [1.29, 1.82) is 0 Å². The molecule has 0 unspecified atom stereocenters. The maximum atomic E-state index is 11.1. The normalized spacial score (nSPS) is 29.8. The largest absolute Gasteiger partial charge is 0.356 e. The highest BCUT2D eigenvalue weighted by Crippen LogP contribution is 2.40. The highest BCUT2D eigenvalue weighted by Gasteiger charge is 2.40. The van der Waals surface area contributed by atoms with Crippen molar-refractivity contribution in [2.24, 2.45) is 11.8 Å². The van der Waals surface area contributed by atoms with Crippen molar-refractivity contribution < 1.29 is 4.79 Å². The Morgan fingerprint density at radius 2 is 2.30 bits per heavy atom. The molecule has 1 aliphatic carbocycles. The van der Waals surface area contributed by atoms with E-state index in [0.717, 1.165) is 19.4 Å². The van der Waals surface area contributed by atoms with Crippen LogP contribution in [-0.4, -0.2) is 12.5 Å². The van der Waals surface area contributed by atoms with Gasteiger partial charge in [0.1, 0.15) is 0 Å². The third-order valence-corrected chi connectivity index (χ3v) is 2.13. The number of hydrogen-bond acceptors (Lipinski definition) is 1. The summed E-state index contributed by atoms with van der Waals surface area (Å²) in [4.78, 5) is 11.1. The van der Waals surface area contributed by atoms with Gasteiger partial charge in [0.15, 0.2) is 0 Å². The molecule has 10 heavy (non-hydrogen) atoms. The zero-order valence-corrected chi connectivity index (χ0v) is 6.68. The Morgan fingerprint density at radius 1 is 1.60 bits per heavy atom. The quantitative estimate of drug-likeness (QED) is 0.628. The second-order valence-corrected chi connectivity index (χ2v) is 2.91. The van der Waals surface area contributed by atoms with Gasteiger partial charge in [-0.3, -0.25) is 4.79 Å². The SMILES string of the molecule is CCNC(=O)[C@H]1C[C@@H]1CC. The van der Waals surface area contributed by atoms with Crippen molar-refractivity contribution in [3.8, 4) is 0 Å². The van der Waals surface area contributed by atoms with E-state index in [1.54, 1.807) is 0 Å². The van der Waals surface area contributed by atoms with E-state index in [-0.39, 0.29) is 5.91 Å². The van der Waals surface area contributed by atoms with Gasteiger partial charge in [-0.2, -0.15) is 0 Å². The number of hydrogen-bond donors (Lipinski definition) is 1. The first-order valence-electron chi connectivity index (χ1n) is 4.07. The molecule has 1 aliphatic rings. The Kier molecular flexibility index (Phi) is 2.30. The smallest absolute Gasteiger partial charge is 0.223 e. The van der Waals surface area contributed by atoms with Crippen LogP contribution >= 0.6 is 0 Å². The first kappa shape index (κ1) is 7.58. The molecule has 0 aromatic heterocycles. The van der Waals surface area contributed by atoms with E-state index < -0.39 is 0 Å². The van der Waals surface area contributed by atoms with Crippen LogP contribution in [0.4, 0.5) is 0 Å². The maximum absolute atomic E-state index is 11.1. The van der Waals surface area contributed by atoms with E-state index in [2.05, 4.69) is 12.2 Å². The fraction of sp³-hybridized carbons (Fsp3) is 0.875. The molecular formula is C8H15NO. The van der Waals surface area contributed by atoms with Crippen LogP contribution in [0.3, 0.4) is 0 Å². The van der Waals surface area contributed by atoms with Crippen molar-refractivity contribution in [2.45, 2.75) is 26.7 Å². The van der Waals surface area contributed by atoms with Crippen LogP contribution in [0, 0.1) is 11.8 Å². The van der Waals surface area contributed by atoms with E-state index in [1.165, 1.54) is 0 Å². The first-order valence-corrected chi connectivity index (χ1v) is 4.07. The molecule has 0 aromatic carbocycles. The Hall–Kier alpha value is -0.530. The summed E-state index contributed by atoms with van der Waals surface area (Å²) in [6.45, 7) is 4.87. The van der Waals surface area contributed by atoms with Gasteiger partial charge in [0.25, 0.3) is 0 Å². The van der Waals surface area contributed by atoms with Crippen LogP contribution in [0.5, 0.6) is 0 Å². The van der Waals surface area contributed by atoms with Crippen LogP contribution in [0.1, 0.15) is 26.7 Å². The predicted octanol–water partition coefficient (Wildman–Crippen LogP) is 1.17. The minimum atomic E-state index is 0.259. The first-order chi connectivity index (χ1) is 4.79. The maximum Gasteiger partial charge on any atom is 0.223 e. The lowest BCUT2D eigenvalue weighted by Gasteiger charge is -1.98.